The highest BCUT2D eigenvalue weighted by atomic mass is 16.3. The first kappa shape index (κ1) is 14.3. The number of nitrogens with one attached hydrogen (secondary N) is 1. The molecule has 0 aliphatic carbocycles. The van der Waals surface area contributed by atoms with E-state index < -0.39 is 0 Å². The molecule has 0 saturated heterocycles. The van der Waals surface area contributed by atoms with Gasteiger partial charge in [0.25, 0.3) is 0 Å². The van der Waals surface area contributed by atoms with E-state index >= 15 is 0 Å². The van der Waals surface area contributed by atoms with Crippen LogP contribution in [-0.2, 0) is 5.41 Å². The fourth-order valence-corrected chi connectivity index (χ4v) is 1.78. The average Bonchev–Trinajstić information content (AvgIpc) is 2.66. The van der Waals surface area contributed by atoms with E-state index in [1.54, 1.807) is 0 Å². The summed E-state index contributed by atoms with van der Waals surface area (Å²) >= 11 is 0. The summed E-state index contributed by atoms with van der Waals surface area (Å²) in [7, 11) is 0. The van der Waals surface area contributed by atoms with Crippen molar-refractivity contribution in [2.45, 2.75) is 46.1 Å². The molecule has 1 unspecified atom stereocenters. The predicted octanol–water partition coefficient (Wildman–Crippen LogP) is 2.47. The number of hydrogen-bond acceptors (Lipinski definition) is 3. The summed E-state index contributed by atoms with van der Waals surface area (Å²) in [6.07, 6.45) is 0. The number of aliphatic hydroxyl groups excluding tert-OH is 1. The van der Waals surface area contributed by atoms with E-state index in [1.807, 2.05) is 19.1 Å². The Bertz CT molecular complexity index is 342. The molecule has 0 aliphatic rings. The van der Waals surface area contributed by atoms with E-state index in [2.05, 4.69) is 33.0 Å². The molecule has 1 aromatic heterocycles. The summed E-state index contributed by atoms with van der Waals surface area (Å²) in [6, 6.07) is 4.16. The number of aliphatic hydroxyl groups is 1. The largest absolute Gasteiger partial charge is 0.466 e. The van der Waals surface area contributed by atoms with Gasteiger partial charge in [0.05, 0.1) is 6.61 Å². The van der Waals surface area contributed by atoms with Crippen LogP contribution in [-0.4, -0.2) is 24.3 Å². The van der Waals surface area contributed by atoms with E-state index in [4.69, 9.17) is 4.42 Å². The van der Waals surface area contributed by atoms with Gasteiger partial charge in [-0.3, -0.25) is 0 Å². The maximum atomic E-state index is 9.28. The van der Waals surface area contributed by atoms with Gasteiger partial charge in [0.2, 0.25) is 0 Å². The van der Waals surface area contributed by atoms with Crippen molar-refractivity contribution < 1.29 is 9.52 Å². The molecule has 2 N–H and O–H groups in total. The van der Waals surface area contributed by atoms with Gasteiger partial charge in [-0.25, -0.2) is 0 Å². The van der Waals surface area contributed by atoms with Crippen LogP contribution >= 0.6 is 0 Å². The zero-order valence-corrected chi connectivity index (χ0v) is 11.6. The minimum absolute atomic E-state index is 0.0590. The monoisotopic (exact) mass is 239 g/mol. The lowest BCUT2D eigenvalue weighted by molar-refractivity contribution is 0.201. The van der Waals surface area contributed by atoms with Crippen LogP contribution in [0.3, 0.4) is 0 Å². The van der Waals surface area contributed by atoms with Gasteiger partial charge >= 0.3 is 0 Å². The van der Waals surface area contributed by atoms with Crippen molar-refractivity contribution in [1.82, 2.24) is 5.32 Å². The molecule has 0 bridgehead atoms. The third-order valence-electron chi connectivity index (χ3n) is 3.22. The third-order valence-corrected chi connectivity index (χ3v) is 3.22. The normalized spacial score (nSPS) is 14.3. The summed E-state index contributed by atoms with van der Waals surface area (Å²) in [4.78, 5) is 0. The topological polar surface area (TPSA) is 45.4 Å². The first-order chi connectivity index (χ1) is 7.86. The zero-order valence-electron chi connectivity index (χ0n) is 11.6. The fourth-order valence-electron chi connectivity index (χ4n) is 1.78. The van der Waals surface area contributed by atoms with Gasteiger partial charge in [-0.1, -0.05) is 27.7 Å². The fraction of sp³-hybridized carbons (Fsp3) is 0.714. The van der Waals surface area contributed by atoms with Gasteiger partial charge in [-0.2, -0.15) is 0 Å². The molecule has 98 valence electrons. The summed E-state index contributed by atoms with van der Waals surface area (Å²) < 4.78 is 5.67. The Balaban J connectivity index is 2.61. The molecule has 0 radical (unpaired) electrons. The third kappa shape index (κ3) is 3.86. The zero-order chi connectivity index (χ0) is 13.1. The van der Waals surface area contributed by atoms with Crippen LogP contribution in [0.5, 0.6) is 0 Å². The summed E-state index contributed by atoms with van der Waals surface area (Å²) in [5.74, 6) is 2.35. The van der Waals surface area contributed by atoms with Crippen molar-refractivity contribution >= 4 is 0 Å². The molecule has 0 amide bonds. The van der Waals surface area contributed by atoms with Gasteiger partial charge < -0.3 is 14.8 Å². The lowest BCUT2D eigenvalue weighted by Gasteiger charge is -2.27. The Labute approximate surface area is 104 Å². The molecule has 17 heavy (non-hydrogen) atoms. The minimum Gasteiger partial charge on any atom is -0.466 e. The second-order valence-electron chi connectivity index (χ2n) is 5.71. The molecule has 3 heteroatoms. The standard InChI is InChI=1S/C14H25NO2/c1-10(2)12(8-16)15-9-14(4,5)13-7-6-11(3)17-13/h6-7,10,12,15-16H,8-9H2,1-5H3. The highest BCUT2D eigenvalue weighted by molar-refractivity contribution is 5.15. The van der Waals surface area contributed by atoms with Crippen molar-refractivity contribution in [2.75, 3.05) is 13.2 Å². The molecule has 1 rings (SSSR count). The van der Waals surface area contributed by atoms with E-state index in [9.17, 15) is 5.11 Å². The van der Waals surface area contributed by atoms with Crippen LogP contribution in [0, 0.1) is 12.8 Å². The second kappa shape index (κ2) is 5.69. The van der Waals surface area contributed by atoms with E-state index in [1.165, 1.54) is 0 Å². The lowest BCUT2D eigenvalue weighted by Crippen LogP contribution is -2.43. The molecular formula is C14H25NO2. The number of aryl methyl sites for hydroxylation is 1. The van der Waals surface area contributed by atoms with E-state index in [0.717, 1.165) is 18.1 Å². The van der Waals surface area contributed by atoms with Crippen LogP contribution < -0.4 is 5.32 Å². The van der Waals surface area contributed by atoms with Crippen LogP contribution in [0.1, 0.15) is 39.2 Å². The van der Waals surface area contributed by atoms with E-state index in [-0.39, 0.29) is 18.1 Å². The van der Waals surface area contributed by atoms with Crippen LogP contribution in [0.2, 0.25) is 0 Å². The van der Waals surface area contributed by atoms with Crippen molar-refractivity contribution in [3.05, 3.63) is 23.7 Å². The molecule has 0 spiro atoms. The molecule has 3 nitrogen and oxygen atoms in total. The maximum Gasteiger partial charge on any atom is 0.111 e. The van der Waals surface area contributed by atoms with Gasteiger partial charge in [-0.05, 0) is 25.0 Å². The van der Waals surface area contributed by atoms with Gasteiger partial charge in [0.15, 0.2) is 0 Å². The number of hydrogen-bond donors (Lipinski definition) is 2. The summed E-state index contributed by atoms with van der Waals surface area (Å²) in [5.41, 5.74) is -0.0590. The van der Waals surface area contributed by atoms with Crippen LogP contribution in [0.4, 0.5) is 0 Å². The molecule has 1 atom stereocenters. The highest BCUT2D eigenvalue weighted by Crippen LogP contribution is 2.24. The van der Waals surface area contributed by atoms with Crippen LogP contribution in [0.25, 0.3) is 0 Å². The molecule has 0 fully saturated rings. The van der Waals surface area contributed by atoms with Gasteiger partial charge in [0.1, 0.15) is 11.5 Å². The molecule has 1 aromatic rings. The minimum atomic E-state index is -0.0590. The summed E-state index contributed by atoms with van der Waals surface area (Å²) in [6.45, 7) is 11.4. The maximum absolute atomic E-state index is 9.28. The van der Waals surface area contributed by atoms with Crippen molar-refractivity contribution in [3.8, 4) is 0 Å². The van der Waals surface area contributed by atoms with Crippen LogP contribution in [0.15, 0.2) is 16.5 Å². The highest BCUT2D eigenvalue weighted by Gasteiger charge is 2.25. The first-order valence-corrected chi connectivity index (χ1v) is 6.28. The second-order valence-corrected chi connectivity index (χ2v) is 5.71. The Morgan fingerprint density at radius 2 is 2.00 bits per heavy atom. The quantitative estimate of drug-likeness (QED) is 0.801. The Morgan fingerprint density at radius 1 is 1.35 bits per heavy atom. The van der Waals surface area contributed by atoms with Crippen molar-refractivity contribution in [2.24, 2.45) is 5.92 Å². The SMILES string of the molecule is Cc1ccc(C(C)(C)CNC(CO)C(C)C)o1. The van der Waals surface area contributed by atoms with Crippen molar-refractivity contribution in [3.63, 3.8) is 0 Å². The predicted molar refractivity (Wildman–Crippen MR) is 70.2 cm³/mol. The average molecular weight is 239 g/mol. The Kier molecular flexibility index (Phi) is 4.78. The Hall–Kier alpha value is -0.800. The number of rotatable bonds is 6. The Morgan fingerprint density at radius 3 is 2.41 bits per heavy atom. The number of furan rings is 1. The van der Waals surface area contributed by atoms with Gasteiger partial charge in [-0.15, -0.1) is 0 Å². The molecule has 0 aromatic carbocycles. The molecular weight excluding hydrogens is 214 g/mol. The van der Waals surface area contributed by atoms with Crippen molar-refractivity contribution in [1.29, 1.82) is 0 Å². The lowest BCUT2D eigenvalue weighted by atomic mass is 9.89. The van der Waals surface area contributed by atoms with E-state index in [0.29, 0.717) is 5.92 Å². The smallest absolute Gasteiger partial charge is 0.111 e. The summed E-state index contributed by atoms with van der Waals surface area (Å²) in [5, 5.41) is 12.7. The molecule has 1 heterocycles. The molecule has 0 aliphatic heterocycles. The first-order valence-electron chi connectivity index (χ1n) is 6.28. The molecule has 0 saturated carbocycles. The van der Waals surface area contributed by atoms with Gasteiger partial charge in [0, 0.05) is 18.0 Å².